The van der Waals surface area contributed by atoms with Crippen LogP contribution in [0.5, 0.6) is 0 Å². The number of hydrogen-bond donors (Lipinski definition) is 0. The molecule has 0 aliphatic heterocycles. The Labute approximate surface area is 86.0 Å². The SMILES string of the molecule is N#CN=C(C1CCCC1)C1CCCC1. The van der Waals surface area contributed by atoms with Gasteiger partial charge in [0.25, 0.3) is 0 Å². The Hall–Kier alpha value is -0.840. The highest BCUT2D eigenvalue weighted by Gasteiger charge is 2.29. The summed E-state index contributed by atoms with van der Waals surface area (Å²) in [6, 6.07) is 0. The van der Waals surface area contributed by atoms with E-state index in [1.54, 1.807) is 0 Å². The number of nitriles is 1. The largest absolute Gasteiger partial charge is 0.205 e. The van der Waals surface area contributed by atoms with Crippen LogP contribution in [0.1, 0.15) is 51.4 Å². The summed E-state index contributed by atoms with van der Waals surface area (Å²) in [6.07, 6.45) is 12.4. The van der Waals surface area contributed by atoms with E-state index in [1.165, 1.54) is 57.1 Å². The molecule has 2 fully saturated rings. The lowest BCUT2D eigenvalue weighted by atomic mass is 9.89. The Morgan fingerprint density at radius 3 is 1.71 bits per heavy atom. The standard InChI is InChI=1S/C12H18N2/c13-9-14-12(10-5-1-2-6-10)11-7-3-4-8-11/h10-11H,1-8H2. The number of nitrogens with zero attached hydrogens (tertiary/aromatic N) is 2. The van der Waals surface area contributed by atoms with E-state index in [4.69, 9.17) is 5.26 Å². The van der Waals surface area contributed by atoms with Crippen LogP contribution in [0.25, 0.3) is 0 Å². The van der Waals surface area contributed by atoms with Crippen LogP contribution in [0.3, 0.4) is 0 Å². The average molecular weight is 190 g/mol. The first-order valence-electron chi connectivity index (χ1n) is 5.88. The van der Waals surface area contributed by atoms with Gasteiger partial charge in [-0.25, -0.2) is 0 Å². The van der Waals surface area contributed by atoms with Crippen molar-refractivity contribution < 1.29 is 0 Å². The third-order valence-electron chi connectivity index (χ3n) is 3.73. The van der Waals surface area contributed by atoms with E-state index in [1.807, 2.05) is 6.19 Å². The van der Waals surface area contributed by atoms with Gasteiger partial charge >= 0.3 is 0 Å². The van der Waals surface area contributed by atoms with Gasteiger partial charge in [0.05, 0.1) is 0 Å². The maximum Gasteiger partial charge on any atom is 0.205 e. The molecule has 2 heteroatoms. The van der Waals surface area contributed by atoms with Crippen LogP contribution in [0, 0.1) is 23.3 Å². The van der Waals surface area contributed by atoms with Gasteiger partial charge in [-0.3, -0.25) is 0 Å². The van der Waals surface area contributed by atoms with Crippen molar-refractivity contribution in [2.45, 2.75) is 51.4 Å². The second kappa shape index (κ2) is 4.59. The third-order valence-corrected chi connectivity index (χ3v) is 3.73. The number of rotatable bonds is 2. The smallest absolute Gasteiger partial charge is 0.182 e. The van der Waals surface area contributed by atoms with Crippen molar-refractivity contribution in [3.63, 3.8) is 0 Å². The first kappa shape index (κ1) is 9.71. The monoisotopic (exact) mass is 190 g/mol. The molecule has 0 bridgehead atoms. The van der Waals surface area contributed by atoms with Crippen LogP contribution in [0.15, 0.2) is 4.99 Å². The van der Waals surface area contributed by atoms with Gasteiger partial charge in [-0.1, -0.05) is 25.7 Å². The average Bonchev–Trinajstić information content (AvgIpc) is 2.87. The molecule has 0 aromatic heterocycles. The van der Waals surface area contributed by atoms with Gasteiger partial charge in [0.15, 0.2) is 0 Å². The molecule has 0 aromatic carbocycles. The second-order valence-corrected chi connectivity index (χ2v) is 4.60. The Balaban J connectivity index is 2.07. The van der Waals surface area contributed by atoms with Gasteiger partial charge in [0.1, 0.15) is 0 Å². The molecule has 76 valence electrons. The lowest BCUT2D eigenvalue weighted by Crippen LogP contribution is -2.19. The first-order valence-corrected chi connectivity index (χ1v) is 5.88. The number of aliphatic imine (C=N–C) groups is 1. The lowest BCUT2D eigenvalue weighted by Gasteiger charge is -2.17. The minimum Gasteiger partial charge on any atom is -0.182 e. The molecule has 0 radical (unpaired) electrons. The molecule has 0 heterocycles. The van der Waals surface area contributed by atoms with Gasteiger partial charge in [0, 0.05) is 5.71 Å². The molecule has 0 spiro atoms. The van der Waals surface area contributed by atoms with Crippen LogP contribution in [0.4, 0.5) is 0 Å². The fourth-order valence-corrected chi connectivity index (χ4v) is 3.02. The maximum atomic E-state index is 8.72. The van der Waals surface area contributed by atoms with Crippen LogP contribution in [-0.2, 0) is 0 Å². The summed E-state index contributed by atoms with van der Waals surface area (Å²) in [6.45, 7) is 0. The molecule has 0 unspecified atom stereocenters. The molecule has 2 aliphatic carbocycles. The van der Waals surface area contributed by atoms with E-state index in [9.17, 15) is 0 Å². The summed E-state index contributed by atoms with van der Waals surface area (Å²) in [5, 5.41) is 8.72. The summed E-state index contributed by atoms with van der Waals surface area (Å²) in [5.74, 6) is 1.30. The Morgan fingerprint density at radius 1 is 0.929 bits per heavy atom. The van der Waals surface area contributed by atoms with E-state index in [0.29, 0.717) is 11.8 Å². The second-order valence-electron chi connectivity index (χ2n) is 4.60. The molecule has 0 atom stereocenters. The van der Waals surface area contributed by atoms with E-state index >= 15 is 0 Å². The first-order chi connectivity index (χ1) is 6.92. The zero-order valence-corrected chi connectivity index (χ0v) is 8.71. The van der Waals surface area contributed by atoms with Crippen LogP contribution >= 0.6 is 0 Å². The summed E-state index contributed by atoms with van der Waals surface area (Å²) in [5.41, 5.74) is 1.25. The Morgan fingerprint density at radius 2 is 1.36 bits per heavy atom. The quantitative estimate of drug-likeness (QED) is 0.486. The van der Waals surface area contributed by atoms with Gasteiger partial charge in [0.2, 0.25) is 6.19 Å². The molecule has 0 amide bonds. The van der Waals surface area contributed by atoms with Crippen molar-refractivity contribution in [1.82, 2.24) is 0 Å². The van der Waals surface area contributed by atoms with Crippen molar-refractivity contribution in [2.24, 2.45) is 16.8 Å². The third kappa shape index (κ3) is 1.97. The highest BCUT2D eigenvalue weighted by molar-refractivity contribution is 5.90. The fraction of sp³-hybridized carbons (Fsp3) is 0.833. The highest BCUT2D eigenvalue weighted by Crippen LogP contribution is 2.35. The van der Waals surface area contributed by atoms with Gasteiger partial charge < -0.3 is 0 Å². The van der Waals surface area contributed by atoms with Crippen LogP contribution < -0.4 is 0 Å². The van der Waals surface area contributed by atoms with Crippen LogP contribution in [0.2, 0.25) is 0 Å². The Kier molecular flexibility index (Phi) is 3.18. The molecule has 0 N–H and O–H groups in total. The van der Waals surface area contributed by atoms with Gasteiger partial charge in [-0.15, -0.1) is 0 Å². The predicted molar refractivity (Wildman–Crippen MR) is 57.0 cm³/mol. The van der Waals surface area contributed by atoms with Crippen molar-refractivity contribution in [3.05, 3.63) is 0 Å². The zero-order chi connectivity index (χ0) is 9.80. The van der Waals surface area contributed by atoms with E-state index < -0.39 is 0 Å². The zero-order valence-electron chi connectivity index (χ0n) is 8.71. The minimum atomic E-state index is 0.651. The summed E-state index contributed by atoms with van der Waals surface area (Å²) in [7, 11) is 0. The molecular weight excluding hydrogens is 172 g/mol. The molecule has 2 rings (SSSR count). The van der Waals surface area contributed by atoms with Crippen molar-refractivity contribution in [3.8, 4) is 6.19 Å². The normalized spacial score (nSPS) is 23.6. The van der Waals surface area contributed by atoms with E-state index in [0.717, 1.165) is 0 Å². The fourth-order valence-electron chi connectivity index (χ4n) is 3.02. The van der Waals surface area contributed by atoms with Crippen molar-refractivity contribution >= 4 is 5.71 Å². The lowest BCUT2D eigenvalue weighted by molar-refractivity contribution is 0.629. The molecule has 14 heavy (non-hydrogen) atoms. The molecular formula is C12H18N2. The van der Waals surface area contributed by atoms with E-state index in [2.05, 4.69) is 4.99 Å². The van der Waals surface area contributed by atoms with Gasteiger partial charge in [-0.2, -0.15) is 10.3 Å². The maximum absolute atomic E-state index is 8.72. The Bertz CT molecular complexity index is 232. The van der Waals surface area contributed by atoms with Gasteiger partial charge in [-0.05, 0) is 37.5 Å². The predicted octanol–water partition coefficient (Wildman–Crippen LogP) is 3.29. The minimum absolute atomic E-state index is 0.651. The molecule has 0 saturated heterocycles. The summed E-state index contributed by atoms with van der Waals surface area (Å²) < 4.78 is 0. The number of hydrogen-bond acceptors (Lipinski definition) is 2. The molecule has 2 nitrogen and oxygen atoms in total. The summed E-state index contributed by atoms with van der Waals surface area (Å²) >= 11 is 0. The van der Waals surface area contributed by atoms with Crippen molar-refractivity contribution in [2.75, 3.05) is 0 Å². The van der Waals surface area contributed by atoms with E-state index in [-0.39, 0.29) is 0 Å². The van der Waals surface area contributed by atoms with Crippen LogP contribution in [-0.4, -0.2) is 5.71 Å². The topological polar surface area (TPSA) is 36.1 Å². The highest BCUT2D eigenvalue weighted by atomic mass is 14.8. The molecule has 2 aliphatic rings. The molecule has 0 aromatic rings. The van der Waals surface area contributed by atoms with Crippen molar-refractivity contribution in [1.29, 1.82) is 5.26 Å². The summed E-state index contributed by atoms with van der Waals surface area (Å²) in [4.78, 5) is 4.11. The molecule has 2 saturated carbocycles.